The molecule has 1 heterocycles. The lowest BCUT2D eigenvalue weighted by Crippen LogP contribution is -2.26. The van der Waals surface area contributed by atoms with Gasteiger partial charge in [-0.1, -0.05) is 19.8 Å². The van der Waals surface area contributed by atoms with Gasteiger partial charge in [0.15, 0.2) is 0 Å². The van der Waals surface area contributed by atoms with Crippen LogP contribution >= 0.6 is 0 Å². The second kappa shape index (κ2) is 5.55. The number of aryl methyl sites for hydroxylation is 1. The maximum atomic E-state index is 10.9. The summed E-state index contributed by atoms with van der Waals surface area (Å²) < 4.78 is 0. The molecule has 0 aromatic carbocycles. The van der Waals surface area contributed by atoms with Gasteiger partial charge in [0.2, 0.25) is 5.95 Å². The van der Waals surface area contributed by atoms with Gasteiger partial charge in [0.05, 0.1) is 11.3 Å². The fourth-order valence-corrected chi connectivity index (χ4v) is 2.81. The summed E-state index contributed by atoms with van der Waals surface area (Å²) in [5.74, 6) is -0.452. The van der Waals surface area contributed by atoms with Gasteiger partial charge in [-0.25, -0.2) is 14.8 Å². The normalized spacial score (nSPS) is 17.4. The predicted octanol–water partition coefficient (Wildman–Crippen LogP) is 2.87. The lowest BCUT2D eigenvalue weighted by atomic mass is 9.83. The molecule has 1 aromatic rings. The number of carboxylic acids is 1. The van der Waals surface area contributed by atoms with E-state index in [2.05, 4.69) is 22.2 Å². The van der Waals surface area contributed by atoms with E-state index in [0.29, 0.717) is 17.1 Å². The third-order valence-corrected chi connectivity index (χ3v) is 4.25. The topological polar surface area (TPSA) is 75.1 Å². The number of aromatic carboxylic acids is 1. The first kappa shape index (κ1) is 13.8. The van der Waals surface area contributed by atoms with E-state index in [9.17, 15) is 4.79 Å². The molecule has 0 bridgehead atoms. The minimum Gasteiger partial charge on any atom is -0.478 e. The number of nitrogens with zero attached hydrogens (tertiary/aromatic N) is 2. The van der Waals surface area contributed by atoms with Crippen LogP contribution in [0.25, 0.3) is 0 Å². The van der Waals surface area contributed by atoms with E-state index in [1.807, 2.05) is 0 Å². The van der Waals surface area contributed by atoms with Crippen LogP contribution in [0.4, 0.5) is 5.95 Å². The Labute approximate surface area is 113 Å². The van der Waals surface area contributed by atoms with Crippen molar-refractivity contribution in [1.82, 2.24) is 9.97 Å². The highest BCUT2D eigenvalue weighted by atomic mass is 16.4. The summed E-state index contributed by atoms with van der Waals surface area (Å²) in [7, 11) is 0. The smallest absolute Gasteiger partial charge is 0.339 e. The van der Waals surface area contributed by atoms with Crippen molar-refractivity contribution in [1.29, 1.82) is 0 Å². The van der Waals surface area contributed by atoms with Crippen LogP contribution in [0, 0.1) is 12.3 Å². The molecule has 0 spiro atoms. The third kappa shape index (κ3) is 3.03. The molecule has 0 saturated heterocycles. The zero-order valence-electron chi connectivity index (χ0n) is 11.6. The molecular weight excluding hydrogens is 242 g/mol. The first-order valence-corrected chi connectivity index (χ1v) is 6.87. The van der Waals surface area contributed by atoms with Crippen molar-refractivity contribution in [3.8, 4) is 0 Å². The van der Waals surface area contributed by atoms with Gasteiger partial charge in [-0.3, -0.25) is 0 Å². The molecule has 5 heteroatoms. The van der Waals surface area contributed by atoms with Crippen molar-refractivity contribution in [2.24, 2.45) is 5.41 Å². The van der Waals surface area contributed by atoms with E-state index in [-0.39, 0.29) is 5.56 Å². The average Bonchev–Trinajstić information content (AvgIpc) is 2.85. The number of hydrogen-bond donors (Lipinski definition) is 2. The zero-order valence-corrected chi connectivity index (χ0v) is 11.6. The Bertz CT molecular complexity index is 468. The number of nitrogens with one attached hydrogen (secondary N) is 1. The molecule has 19 heavy (non-hydrogen) atoms. The molecule has 1 saturated carbocycles. The first-order chi connectivity index (χ1) is 9.06. The molecule has 1 aliphatic rings. The second-order valence-corrected chi connectivity index (χ2v) is 5.41. The molecule has 1 aromatic heterocycles. The van der Waals surface area contributed by atoms with E-state index in [4.69, 9.17) is 5.11 Å². The van der Waals surface area contributed by atoms with Crippen molar-refractivity contribution in [2.45, 2.75) is 46.0 Å². The number of carbonyl (C=O) groups is 1. The van der Waals surface area contributed by atoms with Crippen molar-refractivity contribution in [3.05, 3.63) is 17.5 Å². The number of anilines is 1. The molecule has 5 nitrogen and oxygen atoms in total. The molecule has 1 fully saturated rings. The van der Waals surface area contributed by atoms with Gasteiger partial charge in [0, 0.05) is 12.7 Å². The Hall–Kier alpha value is -1.65. The summed E-state index contributed by atoms with van der Waals surface area (Å²) in [5.41, 5.74) is 1.03. The van der Waals surface area contributed by atoms with Crippen LogP contribution in [-0.2, 0) is 0 Å². The first-order valence-electron chi connectivity index (χ1n) is 6.87. The van der Waals surface area contributed by atoms with E-state index in [0.717, 1.165) is 13.0 Å². The summed E-state index contributed by atoms with van der Waals surface area (Å²) in [6.07, 6.45) is 7.64. The molecule has 0 radical (unpaired) electrons. The lowest BCUT2D eigenvalue weighted by molar-refractivity contribution is 0.0695. The van der Waals surface area contributed by atoms with Crippen LogP contribution in [0.15, 0.2) is 6.20 Å². The van der Waals surface area contributed by atoms with Gasteiger partial charge < -0.3 is 10.4 Å². The highest BCUT2D eigenvalue weighted by Gasteiger charge is 2.31. The maximum absolute atomic E-state index is 10.9. The Balaban J connectivity index is 2.03. The van der Waals surface area contributed by atoms with Crippen LogP contribution in [0.5, 0.6) is 0 Å². The zero-order chi connectivity index (χ0) is 13.9. The minimum atomic E-state index is -0.982. The molecule has 0 aliphatic heterocycles. The van der Waals surface area contributed by atoms with Crippen molar-refractivity contribution in [3.63, 3.8) is 0 Å². The van der Waals surface area contributed by atoms with Crippen molar-refractivity contribution in [2.75, 3.05) is 11.9 Å². The molecule has 1 aliphatic carbocycles. The highest BCUT2D eigenvalue weighted by Crippen LogP contribution is 2.40. The lowest BCUT2D eigenvalue weighted by Gasteiger charge is -2.27. The molecule has 2 N–H and O–H groups in total. The van der Waals surface area contributed by atoms with Crippen molar-refractivity contribution < 1.29 is 9.90 Å². The van der Waals surface area contributed by atoms with Crippen molar-refractivity contribution >= 4 is 11.9 Å². The maximum Gasteiger partial charge on any atom is 0.339 e. The Morgan fingerprint density at radius 3 is 2.68 bits per heavy atom. The molecule has 0 atom stereocenters. The van der Waals surface area contributed by atoms with Gasteiger partial charge in [-0.2, -0.15) is 0 Å². The summed E-state index contributed by atoms with van der Waals surface area (Å²) in [6.45, 7) is 4.80. The number of carboxylic acid groups (broad SMARTS) is 1. The van der Waals surface area contributed by atoms with Gasteiger partial charge >= 0.3 is 5.97 Å². The highest BCUT2D eigenvalue weighted by molar-refractivity contribution is 5.88. The molecule has 0 unspecified atom stereocenters. The fraction of sp³-hybridized carbons (Fsp3) is 0.643. The van der Waals surface area contributed by atoms with Gasteiger partial charge in [-0.05, 0) is 31.6 Å². The van der Waals surface area contributed by atoms with Gasteiger partial charge in [0.25, 0.3) is 0 Å². The summed E-state index contributed by atoms with van der Waals surface area (Å²) in [6, 6.07) is 0. The Morgan fingerprint density at radius 2 is 2.16 bits per heavy atom. The van der Waals surface area contributed by atoms with E-state index in [1.165, 1.54) is 31.9 Å². The van der Waals surface area contributed by atoms with Crippen LogP contribution < -0.4 is 5.32 Å². The van der Waals surface area contributed by atoms with E-state index >= 15 is 0 Å². The van der Waals surface area contributed by atoms with Crippen LogP contribution in [0.3, 0.4) is 0 Å². The van der Waals surface area contributed by atoms with Crippen LogP contribution in [-0.4, -0.2) is 27.6 Å². The number of rotatable bonds is 5. The Kier molecular flexibility index (Phi) is 4.02. The minimum absolute atomic E-state index is 0.164. The van der Waals surface area contributed by atoms with Gasteiger partial charge in [-0.15, -0.1) is 0 Å². The SMILES string of the molecule is CCC1(CNc2ncc(C(=O)O)c(C)n2)CCCC1. The molecule has 104 valence electrons. The van der Waals surface area contributed by atoms with E-state index < -0.39 is 5.97 Å². The molecule has 2 rings (SSSR count). The number of hydrogen-bond acceptors (Lipinski definition) is 4. The number of aromatic nitrogens is 2. The largest absolute Gasteiger partial charge is 0.478 e. The summed E-state index contributed by atoms with van der Waals surface area (Å²) in [5, 5.41) is 12.2. The monoisotopic (exact) mass is 263 g/mol. The third-order valence-electron chi connectivity index (χ3n) is 4.25. The van der Waals surface area contributed by atoms with E-state index in [1.54, 1.807) is 6.92 Å². The van der Waals surface area contributed by atoms with Crippen LogP contribution in [0.1, 0.15) is 55.1 Å². The van der Waals surface area contributed by atoms with Gasteiger partial charge in [0.1, 0.15) is 0 Å². The molecular formula is C14H21N3O2. The predicted molar refractivity (Wildman–Crippen MR) is 73.4 cm³/mol. The standard InChI is InChI=1S/C14H21N3O2/c1-3-14(6-4-5-7-14)9-16-13-15-8-11(12(18)19)10(2)17-13/h8H,3-7,9H2,1-2H3,(H,18,19)(H,15,16,17). The summed E-state index contributed by atoms with van der Waals surface area (Å²) >= 11 is 0. The fourth-order valence-electron chi connectivity index (χ4n) is 2.81. The quantitative estimate of drug-likeness (QED) is 0.854. The summed E-state index contributed by atoms with van der Waals surface area (Å²) in [4.78, 5) is 19.2. The molecule has 0 amide bonds. The average molecular weight is 263 g/mol. The second-order valence-electron chi connectivity index (χ2n) is 5.41. The Morgan fingerprint density at radius 1 is 1.47 bits per heavy atom. The van der Waals surface area contributed by atoms with Crippen LogP contribution in [0.2, 0.25) is 0 Å².